The summed E-state index contributed by atoms with van der Waals surface area (Å²) >= 11 is 5.87. The largest absolute Gasteiger partial charge is 0.307 e. The number of fused-ring (bicyclic) bond motifs is 1. The third kappa shape index (κ3) is 2.87. The number of halogens is 1. The lowest BCUT2D eigenvalue weighted by Gasteiger charge is -2.22. The third-order valence-electron chi connectivity index (χ3n) is 3.63. The summed E-state index contributed by atoms with van der Waals surface area (Å²) in [5.74, 6) is -0.344. The van der Waals surface area contributed by atoms with E-state index in [4.69, 9.17) is 11.6 Å². The second kappa shape index (κ2) is 5.74. The minimum Gasteiger partial charge on any atom is -0.307 e. The van der Waals surface area contributed by atoms with E-state index < -0.39 is 9.84 Å². The first kappa shape index (κ1) is 15.1. The predicted octanol–water partition coefficient (Wildman–Crippen LogP) is 3.05. The molecule has 2 aromatic rings. The second-order valence-corrected chi connectivity index (χ2v) is 7.66. The number of carbonyl (C=O) groups is 1. The van der Waals surface area contributed by atoms with E-state index >= 15 is 0 Å². The van der Waals surface area contributed by atoms with Crippen LogP contribution in [0, 0.1) is 0 Å². The number of hydrogen-bond donors (Lipinski definition) is 0. The van der Waals surface area contributed by atoms with E-state index in [0.717, 1.165) is 5.56 Å². The maximum Gasteiger partial charge on any atom is 0.228 e. The molecule has 0 atom stereocenters. The van der Waals surface area contributed by atoms with Crippen LogP contribution >= 0.6 is 11.6 Å². The number of benzene rings is 2. The Hall–Kier alpha value is -1.85. The average Bonchev–Trinajstić information content (AvgIpc) is 2.60. The fourth-order valence-electron chi connectivity index (χ4n) is 2.49. The van der Waals surface area contributed by atoms with Crippen molar-refractivity contribution < 1.29 is 13.2 Å². The molecule has 2 aromatic carbocycles. The van der Waals surface area contributed by atoms with E-state index in [9.17, 15) is 13.2 Å². The number of sulfone groups is 1. The van der Waals surface area contributed by atoms with Crippen molar-refractivity contribution in [3.8, 4) is 0 Å². The summed E-state index contributed by atoms with van der Waals surface area (Å²) in [6.45, 7) is 0.322. The molecule has 4 nitrogen and oxygen atoms in total. The minimum atomic E-state index is -3.43. The van der Waals surface area contributed by atoms with Gasteiger partial charge >= 0.3 is 0 Å². The maximum atomic E-state index is 12.4. The third-order valence-corrected chi connectivity index (χ3v) is 5.64. The Bertz CT molecular complexity index is 816. The number of amides is 1. The van der Waals surface area contributed by atoms with Crippen molar-refractivity contribution in [1.82, 2.24) is 0 Å². The van der Waals surface area contributed by atoms with E-state index in [1.165, 1.54) is 4.90 Å². The first-order valence-corrected chi connectivity index (χ1v) is 8.87. The van der Waals surface area contributed by atoms with Gasteiger partial charge in [0.15, 0.2) is 9.84 Å². The normalized spacial score (nSPS) is 17.0. The van der Waals surface area contributed by atoms with Crippen LogP contribution in [0.15, 0.2) is 53.4 Å². The number of carbonyl (C=O) groups excluding carboxylic acids is 1. The molecule has 1 aliphatic heterocycles. The van der Waals surface area contributed by atoms with Gasteiger partial charge in [-0.1, -0.05) is 35.9 Å². The van der Waals surface area contributed by atoms with Gasteiger partial charge in [0.05, 0.1) is 22.9 Å². The van der Waals surface area contributed by atoms with Crippen LogP contribution in [-0.4, -0.2) is 20.1 Å². The van der Waals surface area contributed by atoms with Gasteiger partial charge < -0.3 is 4.90 Å². The highest BCUT2D eigenvalue weighted by molar-refractivity contribution is 7.91. The molecule has 22 heavy (non-hydrogen) atoms. The molecule has 1 aliphatic rings. The summed E-state index contributed by atoms with van der Waals surface area (Å²) < 4.78 is 24.6. The molecule has 0 unspecified atom stereocenters. The van der Waals surface area contributed by atoms with Crippen LogP contribution in [0.5, 0.6) is 0 Å². The standard InChI is InChI=1S/C16H14ClNO3S/c17-13-7-5-12(6-8-13)11-18-14-3-1-2-4-15(14)22(20,21)10-9-16(18)19/h1-8H,9-11H2. The molecule has 0 saturated carbocycles. The number of anilines is 1. The van der Waals surface area contributed by atoms with Crippen LogP contribution in [0.4, 0.5) is 5.69 Å². The van der Waals surface area contributed by atoms with Gasteiger partial charge in [-0.15, -0.1) is 0 Å². The van der Waals surface area contributed by atoms with Gasteiger partial charge in [0, 0.05) is 11.4 Å². The summed E-state index contributed by atoms with van der Waals surface area (Å²) in [4.78, 5) is 14.1. The Balaban J connectivity index is 2.05. The molecule has 0 bridgehead atoms. The van der Waals surface area contributed by atoms with Gasteiger partial charge in [0.25, 0.3) is 0 Å². The van der Waals surface area contributed by atoms with Gasteiger partial charge in [-0.3, -0.25) is 4.79 Å². The smallest absolute Gasteiger partial charge is 0.228 e. The SMILES string of the molecule is O=C1CCS(=O)(=O)c2ccccc2N1Cc1ccc(Cl)cc1. The highest BCUT2D eigenvalue weighted by Gasteiger charge is 2.30. The summed E-state index contributed by atoms with van der Waals surface area (Å²) in [5, 5.41) is 0.619. The fraction of sp³-hybridized carbons (Fsp3) is 0.188. The fourth-order valence-corrected chi connectivity index (χ4v) is 4.06. The van der Waals surface area contributed by atoms with E-state index in [1.807, 2.05) is 12.1 Å². The second-order valence-electron chi connectivity index (χ2n) is 5.14. The van der Waals surface area contributed by atoms with Crippen LogP contribution in [-0.2, 0) is 21.2 Å². The van der Waals surface area contributed by atoms with Crippen LogP contribution in [0.2, 0.25) is 5.02 Å². The molecule has 0 aliphatic carbocycles. The lowest BCUT2D eigenvalue weighted by molar-refractivity contribution is -0.118. The quantitative estimate of drug-likeness (QED) is 0.847. The molecule has 114 valence electrons. The van der Waals surface area contributed by atoms with Crippen molar-refractivity contribution >= 4 is 33.0 Å². The molecule has 0 radical (unpaired) electrons. The van der Waals surface area contributed by atoms with E-state index in [0.29, 0.717) is 17.3 Å². The molecule has 0 spiro atoms. The van der Waals surface area contributed by atoms with Crippen molar-refractivity contribution in [3.05, 3.63) is 59.1 Å². The number of rotatable bonds is 2. The Labute approximate surface area is 134 Å². The van der Waals surface area contributed by atoms with Gasteiger partial charge in [-0.2, -0.15) is 0 Å². The zero-order valence-electron chi connectivity index (χ0n) is 11.7. The molecule has 1 amide bonds. The van der Waals surface area contributed by atoms with Crippen molar-refractivity contribution in [1.29, 1.82) is 0 Å². The zero-order valence-corrected chi connectivity index (χ0v) is 13.3. The van der Waals surface area contributed by atoms with Gasteiger partial charge in [-0.25, -0.2) is 8.42 Å². The monoisotopic (exact) mass is 335 g/mol. The summed E-state index contributed by atoms with van der Waals surface area (Å²) in [5.41, 5.74) is 1.34. The van der Waals surface area contributed by atoms with Crippen molar-refractivity contribution in [2.24, 2.45) is 0 Å². The summed E-state index contributed by atoms with van der Waals surface area (Å²) in [7, 11) is -3.43. The molecule has 0 fully saturated rings. The Kier molecular flexibility index (Phi) is 3.93. The Morgan fingerprint density at radius 2 is 1.73 bits per heavy atom. The topological polar surface area (TPSA) is 54.5 Å². The molecular weight excluding hydrogens is 322 g/mol. The van der Waals surface area contributed by atoms with E-state index in [2.05, 4.69) is 0 Å². The number of hydrogen-bond acceptors (Lipinski definition) is 3. The molecule has 0 N–H and O–H groups in total. The number of para-hydroxylation sites is 1. The Morgan fingerprint density at radius 1 is 1.05 bits per heavy atom. The number of nitrogens with zero attached hydrogens (tertiary/aromatic N) is 1. The Morgan fingerprint density at radius 3 is 2.45 bits per heavy atom. The lowest BCUT2D eigenvalue weighted by Crippen LogP contribution is -2.29. The summed E-state index contributed by atoms with van der Waals surface area (Å²) in [6, 6.07) is 13.8. The average molecular weight is 336 g/mol. The zero-order chi connectivity index (χ0) is 15.7. The van der Waals surface area contributed by atoms with Crippen molar-refractivity contribution in [3.63, 3.8) is 0 Å². The molecule has 0 saturated heterocycles. The van der Waals surface area contributed by atoms with Crippen molar-refractivity contribution in [2.75, 3.05) is 10.7 Å². The highest BCUT2D eigenvalue weighted by atomic mass is 35.5. The van der Waals surface area contributed by atoms with Gasteiger partial charge in [0.2, 0.25) is 5.91 Å². The molecular formula is C16H14ClNO3S. The molecule has 0 aromatic heterocycles. The molecule has 3 rings (SSSR count). The van der Waals surface area contributed by atoms with E-state index in [-0.39, 0.29) is 23.0 Å². The van der Waals surface area contributed by atoms with Gasteiger partial charge in [-0.05, 0) is 29.8 Å². The molecule has 1 heterocycles. The first-order valence-electron chi connectivity index (χ1n) is 6.84. The highest BCUT2D eigenvalue weighted by Crippen LogP contribution is 2.31. The van der Waals surface area contributed by atoms with Crippen LogP contribution < -0.4 is 4.90 Å². The van der Waals surface area contributed by atoms with E-state index in [1.54, 1.807) is 36.4 Å². The minimum absolute atomic E-state index is 0.00932. The van der Waals surface area contributed by atoms with Crippen LogP contribution in [0.3, 0.4) is 0 Å². The predicted molar refractivity (Wildman–Crippen MR) is 85.8 cm³/mol. The van der Waals surface area contributed by atoms with Gasteiger partial charge in [0.1, 0.15) is 0 Å². The van der Waals surface area contributed by atoms with Crippen LogP contribution in [0.1, 0.15) is 12.0 Å². The molecule has 6 heteroatoms. The summed E-state index contributed by atoms with van der Waals surface area (Å²) in [6.07, 6.45) is -0.00932. The van der Waals surface area contributed by atoms with Crippen LogP contribution in [0.25, 0.3) is 0 Å². The lowest BCUT2D eigenvalue weighted by atomic mass is 10.2. The maximum absolute atomic E-state index is 12.4. The van der Waals surface area contributed by atoms with Crippen molar-refractivity contribution in [2.45, 2.75) is 17.9 Å². The first-order chi connectivity index (χ1) is 10.5.